The van der Waals surface area contributed by atoms with Crippen molar-refractivity contribution in [3.63, 3.8) is 0 Å². The highest BCUT2D eigenvalue weighted by atomic mass is 16.3. The molecule has 0 aliphatic carbocycles. The molecule has 0 saturated carbocycles. The lowest BCUT2D eigenvalue weighted by Crippen LogP contribution is -2.42. The van der Waals surface area contributed by atoms with Gasteiger partial charge in [-0.25, -0.2) is 4.79 Å². The summed E-state index contributed by atoms with van der Waals surface area (Å²) in [4.78, 5) is 23.5. The summed E-state index contributed by atoms with van der Waals surface area (Å²) in [5, 5.41) is 13.4. The molecule has 1 heterocycles. The summed E-state index contributed by atoms with van der Waals surface area (Å²) in [6.45, 7) is 6.78. The average Bonchev–Trinajstić information content (AvgIpc) is 2.40. The van der Waals surface area contributed by atoms with Gasteiger partial charge in [0.2, 0.25) is 0 Å². The Hall–Kier alpha value is -1.40. The molecule has 1 unspecified atom stereocenters. The molecular weight excluding hydrogens is 270 g/mol. The van der Waals surface area contributed by atoms with Gasteiger partial charge in [0.1, 0.15) is 0 Å². The highest BCUT2D eigenvalue weighted by Crippen LogP contribution is 2.15. The van der Waals surface area contributed by atoms with Crippen molar-refractivity contribution in [1.82, 2.24) is 14.5 Å². The van der Waals surface area contributed by atoms with Crippen LogP contribution < -0.4 is 16.6 Å². The monoisotopic (exact) mass is 297 g/mol. The fourth-order valence-electron chi connectivity index (χ4n) is 2.16. The Morgan fingerprint density at radius 2 is 1.95 bits per heavy atom. The number of nitrogens with zero attached hydrogens (tertiary/aromatic N) is 2. The summed E-state index contributed by atoms with van der Waals surface area (Å²) in [6, 6.07) is 0. The van der Waals surface area contributed by atoms with E-state index in [0.717, 1.165) is 11.0 Å². The van der Waals surface area contributed by atoms with Crippen LogP contribution in [0.25, 0.3) is 0 Å². The van der Waals surface area contributed by atoms with Gasteiger partial charge in [-0.2, -0.15) is 0 Å². The number of aliphatic hydroxyl groups is 1. The minimum atomic E-state index is -0.795. The van der Waals surface area contributed by atoms with E-state index in [0.29, 0.717) is 31.0 Å². The molecule has 2 N–H and O–H groups in total. The Balaban J connectivity index is 2.65. The van der Waals surface area contributed by atoms with Crippen molar-refractivity contribution in [2.75, 3.05) is 6.54 Å². The first-order valence-electron chi connectivity index (χ1n) is 7.32. The molecule has 6 heteroatoms. The molecule has 6 nitrogen and oxygen atoms in total. The van der Waals surface area contributed by atoms with E-state index >= 15 is 0 Å². The van der Waals surface area contributed by atoms with E-state index in [1.54, 1.807) is 20.2 Å². The van der Waals surface area contributed by atoms with Crippen LogP contribution in [0.15, 0.2) is 15.8 Å². The summed E-state index contributed by atoms with van der Waals surface area (Å²) in [5.74, 6) is 0.549. The van der Waals surface area contributed by atoms with Crippen LogP contribution in [0.4, 0.5) is 0 Å². The number of aromatic nitrogens is 2. The van der Waals surface area contributed by atoms with E-state index in [1.165, 1.54) is 11.6 Å². The Morgan fingerprint density at radius 3 is 2.52 bits per heavy atom. The van der Waals surface area contributed by atoms with Crippen LogP contribution >= 0.6 is 0 Å². The molecule has 1 rings (SSSR count). The second-order valence-corrected chi connectivity index (χ2v) is 6.45. The summed E-state index contributed by atoms with van der Waals surface area (Å²) in [5.41, 5.74) is -0.921. The maximum atomic E-state index is 12.0. The van der Waals surface area contributed by atoms with Crippen LogP contribution in [0.5, 0.6) is 0 Å². The first-order chi connectivity index (χ1) is 9.64. The Bertz CT molecular complexity index is 585. The molecule has 0 radical (unpaired) electrons. The van der Waals surface area contributed by atoms with Crippen molar-refractivity contribution in [1.29, 1.82) is 0 Å². The standard InChI is InChI=1S/C15H27N3O3/c1-11(2)6-7-15(3,21)10-16-8-12-9-17(4)14(20)18(5)13(12)19/h9,11,16,21H,6-8,10H2,1-5H3. The molecule has 0 fully saturated rings. The maximum Gasteiger partial charge on any atom is 0.330 e. The molecule has 0 aliphatic heterocycles. The number of aryl methyl sites for hydroxylation is 1. The lowest BCUT2D eigenvalue weighted by molar-refractivity contribution is 0.0450. The van der Waals surface area contributed by atoms with Crippen LogP contribution in [-0.2, 0) is 20.6 Å². The van der Waals surface area contributed by atoms with Crippen LogP contribution in [0.1, 0.15) is 39.2 Å². The zero-order valence-electron chi connectivity index (χ0n) is 13.6. The summed E-state index contributed by atoms with van der Waals surface area (Å²) >= 11 is 0. The minimum Gasteiger partial charge on any atom is -0.389 e. The molecule has 0 aliphatic rings. The van der Waals surface area contributed by atoms with Gasteiger partial charge >= 0.3 is 5.69 Å². The van der Waals surface area contributed by atoms with Gasteiger partial charge in [0.05, 0.1) is 5.60 Å². The molecule has 1 aromatic rings. The fraction of sp³-hybridized carbons (Fsp3) is 0.733. The van der Waals surface area contributed by atoms with Gasteiger partial charge in [-0.15, -0.1) is 0 Å². The highest BCUT2D eigenvalue weighted by Gasteiger charge is 2.20. The maximum absolute atomic E-state index is 12.0. The van der Waals surface area contributed by atoms with Crippen molar-refractivity contribution in [3.8, 4) is 0 Å². The molecule has 0 aromatic carbocycles. The SMILES string of the molecule is CC(C)CCC(C)(O)CNCc1cn(C)c(=O)n(C)c1=O. The smallest absolute Gasteiger partial charge is 0.330 e. The third-order valence-corrected chi connectivity index (χ3v) is 3.60. The molecule has 0 saturated heterocycles. The second-order valence-electron chi connectivity index (χ2n) is 6.45. The highest BCUT2D eigenvalue weighted by molar-refractivity contribution is 5.05. The lowest BCUT2D eigenvalue weighted by Gasteiger charge is -2.24. The van der Waals surface area contributed by atoms with Crippen LogP contribution in [-0.4, -0.2) is 26.4 Å². The van der Waals surface area contributed by atoms with Gasteiger partial charge in [0.15, 0.2) is 0 Å². The first-order valence-corrected chi connectivity index (χ1v) is 7.32. The number of nitrogens with one attached hydrogen (secondary N) is 1. The lowest BCUT2D eigenvalue weighted by atomic mass is 9.95. The normalized spacial score (nSPS) is 14.4. The molecule has 0 amide bonds. The minimum absolute atomic E-state index is 0.299. The van der Waals surface area contributed by atoms with Gasteiger partial charge in [0.25, 0.3) is 5.56 Å². The summed E-state index contributed by atoms with van der Waals surface area (Å²) < 4.78 is 2.48. The zero-order valence-corrected chi connectivity index (χ0v) is 13.6. The Kier molecular flexibility index (Phi) is 5.92. The van der Waals surface area contributed by atoms with Crippen molar-refractivity contribution in [3.05, 3.63) is 32.6 Å². The van der Waals surface area contributed by atoms with E-state index in [-0.39, 0.29) is 11.2 Å². The molecule has 0 bridgehead atoms. The Labute approximate surface area is 125 Å². The van der Waals surface area contributed by atoms with Crippen LogP contribution in [0.2, 0.25) is 0 Å². The van der Waals surface area contributed by atoms with Crippen LogP contribution in [0, 0.1) is 5.92 Å². The molecule has 21 heavy (non-hydrogen) atoms. The van der Waals surface area contributed by atoms with E-state index < -0.39 is 5.60 Å². The molecule has 1 aromatic heterocycles. The molecule has 120 valence electrons. The zero-order chi connectivity index (χ0) is 16.2. The fourth-order valence-corrected chi connectivity index (χ4v) is 2.16. The third-order valence-electron chi connectivity index (χ3n) is 3.60. The molecule has 1 atom stereocenters. The number of hydrogen-bond donors (Lipinski definition) is 2. The summed E-state index contributed by atoms with van der Waals surface area (Å²) in [6.07, 6.45) is 3.21. The van der Waals surface area contributed by atoms with E-state index in [9.17, 15) is 14.7 Å². The number of rotatable bonds is 7. The quantitative estimate of drug-likeness (QED) is 0.762. The van der Waals surface area contributed by atoms with Gasteiger partial charge in [-0.05, 0) is 25.7 Å². The topological polar surface area (TPSA) is 76.3 Å². The molecule has 0 spiro atoms. The first kappa shape index (κ1) is 17.7. The van der Waals surface area contributed by atoms with Crippen molar-refractivity contribution in [2.24, 2.45) is 20.0 Å². The predicted octanol–water partition coefficient (Wildman–Crippen LogP) is 0.361. The number of hydrogen-bond acceptors (Lipinski definition) is 4. The largest absolute Gasteiger partial charge is 0.389 e. The second kappa shape index (κ2) is 7.04. The van der Waals surface area contributed by atoms with Crippen molar-refractivity contribution < 1.29 is 5.11 Å². The van der Waals surface area contributed by atoms with Crippen molar-refractivity contribution in [2.45, 2.75) is 45.8 Å². The summed E-state index contributed by atoms with van der Waals surface area (Å²) in [7, 11) is 3.08. The van der Waals surface area contributed by atoms with E-state index in [4.69, 9.17) is 0 Å². The van der Waals surface area contributed by atoms with E-state index in [1.807, 2.05) is 0 Å². The van der Waals surface area contributed by atoms with Crippen molar-refractivity contribution >= 4 is 0 Å². The Morgan fingerprint density at radius 1 is 1.33 bits per heavy atom. The predicted molar refractivity (Wildman–Crippen MR) is 83.3 cm³/mol. The van der Waals surface area contributed by atoms with E-state index in [2.05, 4.69) is 19.2 Å². The van der Waals surface area contributed by atoms with Gasteiger partial charge in [-0.3, -0.25) is 9.36 Å². The van der Waals surface area contributed by atoms with Gasteiger partial charge in [-0.1, -0.05) is 13.8 Å². The van der Waals surface area contributed by atoms with Crippen LogP contribution in [0.3, 0.4) is 0 Å². The third kappa shape index (κ3) is 5.13. The van der Waals surface area contributed by atoms with Gasteiger partial charge < -0.3 is 15.0 Å². The molecular formula is C15H27N3O3. The van der Waals surface area contributed by atoms with Gasteiger partial charge in [0, 0.05) is 38.9 Å². The average molecular weight is 297 g/mol.